The van der Waals surface area contributed by atoms with Crippen molar-refractivity contribution in [1.29, 1.82) is 0 Å². The molecular weight excluding hydrogens is 222 g/mol. The van der Waals surface area contributed by atoms with E-state index in [2.05, 4.69) is 6.92 Å². The number of rotatable bonds is 3. The molecule has 0 aliphatic heterocycles. The summed E-state index contributed by atoms with van der Waals surface area (Å²) in [6, 6.07) is 5.76. The van der Waals surface area contributed by atoms with Crippen LogP contribution in [0.3, 0.4) is 0 Å². The van der Waals surface area contributed by atoms with Gasteiger partial charge in [-0.25, -0.2) is 0 Å². The van der Waals surface area contributed by atoms with Crippen LogP contribution in [0, 0.1) is 18.8 Å². The number of nitrogens with two attached hydrogens (primary N) is 1. The summed E-state index contributed by atoms with van der Waals surface area (Å²) >= 11 is 0. The Labute approximate surface area is 110 Å². The Balaban J connectivity index is 2.26. The molecule has 2 nitrogen and oxygen atoms in total. The van der Waals surface area contributed by atoms with Gasteiger partial charge in [-0.1, -0.05) is 37.8 Å². The van der Waals surface area contributed by atoms with Crippen LogP contribution >= 0.6 is 0 Å². The highest BCUT2D eigenvalue weighted by molar-refractivity contribution is 6.02. The standard InChI is InChI=1S/C16H23NO/c1-3-12-6-4-5-7-13(12)16(18)14-10-11(2)8-9-15(14)17/h8-10,12-13H,3-7,17H2,1-2H3. The van der Waals surface area contributed by atoms with Gasteiger partial charge in [0.05, 0.1) is 0 Å². The van der Waals surface area contributed by atoms with Gasteiger partial charge in [-0.2, -0.15) is 0 Å². The molecule has 0 spiro atoms. The molecule has 0 heterocycles. The number of aryl methyl sites for hydroxylation is 1. The number of benzene rings is 1. The van der Waals surface area contributed by atoms with Gasteiger partial charge in [-0.3, -0.25) is 4.79 Å². The molecular formula is C16H23NO. The van der Waals surface area contributed by atoms with Crippen LogP contribution in [-0.2, 0) is 0 Å². The van der Waals surface area contributed by atoms with Gasteiger partial charge in [0.15, 0.2) is 5.78 Å². The SMILES string of the molecule is CCC1CCCCC1C(=O)c1cc(C)ccc1N. The minimum Gasteiger partial charge on any atom is -0.398 e. The topological polar surface area (TPSA) is 43.1 Å². The van der Waals surface area contributed by atoms with E-state index in [1.807, 2.05) is 25.1 Å². The molecule has 1 saturated carbocycles. The van der Waals surface area contributed by atoms with Crippen molar-refractivity contribution in [3.8, 4) is 0 Å². The van der Waals surface area contributed by atoms with Crippen molar-refractivity contribution in [3.63, 3.8) is 0 Å². The number of ketones is 1. The fraction of sp³-hybridized carbons (Fsp3) is 0.562. The van der Waals surface area contributed by atoms with Gasteiger partial charge >= 0.3 is 0 Å². The van der Waals surface area contributed by atoms with E-state index in [0.29, 0.717) is 11.6 Å². The number of hydrogen-bond donors (Lipinski definition) is 1. The van der Waals surface area contributed by atoms with E-state index in [9.17, 15) is 4.79 Å². The van der Waals surface area contributed by atoms with Gasteiger partial charge in [-0.15, -0.1) is 0 Å². The van der Waals surface area contributed by atoms with Crippen LogP contribution in [-0.4, -0.2) is 5.78 Å². The summed E-state index contributed by atoms with van der Waals surface area (Å²) in [5, 5.41) is 0. The number of carbonyl (C=O) groups excluding carboxylic acids is 1. The largest absolute Gasteiger partial charge is 0.398 e. The summed E-state index contributed by atoms with van der Waals surface area (Å²) in [7, 11) is 0. The average Bonchev–Trinajstić information content (AvgIpc) is 2.40. The van der Waals surface area contributed by atoms with Crippen LogP contribution < -0.4 is 5.73 Å². The monoisotopic (exact) mass is 245 g/mol. The number of anilines is 1. The number of hydrogen-bond acceptors (Lipinski definition) is 2. The number of nitrogen functional groups attached to an aromatic ring is 1. The normalized spacial score (nSPS) is 23.9. The number of Topliss-reactive ketones (excluding diaryl/α,β-unsaturated/α-hetero) is 1. The van der Waals surface area contributed by atoms with Gasteiger partial charge in [0.2, 0.25) is 0 Å². The third-order valence-electron chi connectivity index (χ3n) is 4.24. The van der Waals surface area contributed by atoms with Crippen LogP contribution in [0.5, 0.6) is 0 Å². The predicted octanol–water partition coefficient (Wildman–Crippen LogP) is 3.98. The van der Waals surface area contributed by atoms with Crippen LogP contribution in [0.25, 0.3) is 0 Å². The van der Waals surface area contributed by atoms with E-state index in [1.165, 1.54) is 19.3 Å². The van der Waals surface area contributed by atoms with Crippen molar-refractivity contribution >= 4 is 11.5 Å². The zero-order chi connectivity index (χ0) is 13.1. The molecule has 0 aromatic heterocycles. The maximum atomic E-state index is 12.7. The van der Waals surface area contributed by atoms with E-state index in [-0.39, 0.29) is 11.7 Å². The second-order valence-electron chi connectivity index (χ2n) is 5.51. The van der Waals surface area contributed by atoms with E-state index >= 15 is 0 Å². The van der Waals surface area contributed by atoms with E-state index in [0.717, 1.165) is 24.0 Å². The quantitative estimate of drug-likeness (QED) is 0.646. The Morgan fingerprint density at radius 2 is 2.06 bits per heavy atom. The second kappa shape index (κ2) is 5.55. The summed E-state index contributed by atoms with van der Waals surface area (Å²) in [4.78, 5) is 12.7. The van der Waals surface area contributed by atoms with Gasteiger partial charge in [0.25, 0.3) is 0 Å². The molecule has 2 rings (SSSR count). The van der Waals surface area contributed by atoms with Gasteiger partial charge in [0.1, 0.15) is 0 Å². The summed E-state index contributed by atoms with van der Waals surface area (Å²) in [5.41, 5.74) is 8.44. The molecule has 0 amide bonds. The van der Waals surface area contributed by atoms with E-state index in [1.54, 1.807) is 0 Å². The first-order valence-corrected chi connectivity index (χ1v) is 7.03. The summed E-state index contributed by atoms with van der Waals surface area (Å²) in [6.45, 7) is 4.20. The molecule has 1 aliphatic carbocycles. The predicted molar refractivity (Wildman–Crippen MR) is 75.7 cm³/mol. The van der Waals surface area contributed by atoms with Crippen molar-refractivity contribution in [3.05, 3.63) is 29.3 Å². The third kappa shape index (κ3) is 2.58. The lowest BCUT2D eigenvalue weighted by molar-refractivity contribution is 0.0821. The summed E-state index contributed by atoms with van der Waals surface area (Å²) in [6.07, 6.45) is 5.77. The summed E-state index contributed by atoms with van der Waals surface area (Å²) < 4.78 is 0. The van der Waals surface area contributed by atoms with Crippen molar-refractivity contribution < 1.29 is 4.79 Å². The van der Waals surface area contributed by atoms with Crippen LogP contribution in [0.4, 0.5) is 5.69 Å². The molecule has 0 saturated heterocycles. The number of carbonyl (C=O) groups is 1. The fourth-order valence-corrected chi connectivity index (χ4v) is 3.12. The zero-order valence-electron chi connectivity index (χ0n) is 11.4. The zero-order valence-corrected chi connectivity index (χ0v) is 11.4. The molecule has 1 aromatic rings. The smallest absolute Gasteiger partial charge is 0.168 e. The van der Waals surface area contributed by atoms with E-state index in [4.69, 9.17) is 5.73 Å². The van der Waals surface area contributed by atoms with Crippen molar-refractivity contribution in [2.45, 2.75) is 46.0 Å². The molecule has 1 aliphatic rings. The molecule has 98 valence electrons. The lowest BCUT2D eigenvalue weighted by atomic mass is 9.74. The minimum atomic E-state index is 0.188. The van der Waals surface area contributed by atoms with Gasteiger partial charge < -0.3 is 5.73 Å². The highest BCUT2D eigenvalue weighted by Gasteiger charge is 2.30. The third-order valence-corrected chi connectivity index (χ3v) is 4.24. The van der Waals surface area contributed by atoms with Gasteiger partial charge in [0, 0.05) is 17.2 Å². The highest BCUT2D eigenvalue weighted by atomic mass is 16.1. The molecule has 2 atom stereocenters. The molecule has 1 fully saturated rings. The molecule has 2 heteroatoms. The average molecular weight is 245 g/mol. The molecule has 18 heavy (non-hydrogen) atoms. The lowest BCUT2D eigenvalue weighted by Gasteiger charge is -2.30. The van der Waals surface area contributed by atoms with Gasteiger partial charge in [-0.05, 0) is 37.8 Å². The molecule has 0 bridgehead atoms. The van der Waals surface area contributed by atoms with Crippen molar-refractivity contribution in [2.75, 3.05) is 5.73 Å². The first-order chi connectivity index (χ1) is 8.63. The minimum absolute atomic E-state index is 0.188. The second-order valence-corrected chi connectivity index (χ2v) is 5.51. The first kappa shape index (κ1) is 13.1. The molecule has 0 radical (unpaired) electrons. The first-order valence-electron chi connectivity index (χ1n) is 7.03. The Hall–Kier alpha value is -1.31. The fourth-order valence-electron chi connectivity index (χ4n) is 3.12. The van der Waals surface area contributed by atoms with Crippen molar-refractivity contribution in [1.82, 2.24) is 0 Å². The maximum Gasteiger partial charge on any atom is 0.168 e. The summed E-state index contributed by atoms with van der Waals surface area (Å²) in [5.74, 6) is 1.00. The Kier molecular flexibility index (Phi) is 4.05. The Morgan fingerprint density at radius 3 is 2.78 bits per heavy atom. The van der Waals surface area contributed by atoms with Crippen LogP contribution in [0.2, 0.25) is 0 Å². The maximum absolute atomic E-state index is 12.7. The van der Waals surface area contributed by atoms with Crippen LogP contribution in [0.1, 0.15) is 54.9 Å². The molecule has 1 aromatic carbocycles. The molecule has 2 N–H and O–H groups in total. The highest BCUT2D eigenvalue weighted by Crippen LogP contribution is 2.35. The molecule has 2 unspecified atom stereocenters. The van der Waals surface area contributed by atoms with Crippen molar-refractivity contribution in [2.24, 2.45) is 11.8 Å². The Bertz CT molecular complexity index is 439. The lowest BCUT2D eigenvalue weighted by Crippen LogP contribution is -2.27. The van der Waals surface area contributed by atoms with Crippen LogP contribution in [0.15, 0.2) is 18.2 Å². The Morgan fingerprint density at radius 1 is 1.33 bits per heavy atom. The van der Waals surface area contributed by atoms with E-state index < -0.39 is 0 Å².